The second-order valence-corrected chi connectivity index (χ2v) is 19.8. The summed E-state index contributed by atoms with van der Waals surface area (Å²) >= 11 is 0. The molecule has 0 amide bonds. The number of ether oxygens (including phenoxy) is 4. The molecule has 0 radical (unpaired) electrons. The minimum absolute atomic E-state index is 0.0406. The number of rotatable bonds is 12. The minimum atomic E-state index is -1.58. The van der Waals surface area contributed by atoms with Gasteiger partial charge in [-0.1, -0.05) is 121 Å². The van der Waals surface area contributed by atoms with Crippen molar-refractivity contribution in [3.63, 3.8) is 0 Å². The third-order valence-corrected chi connectivity index (χ3v) is 15.9. The van der Waals surface area contributed by atoms with Gasteiger partial charge in [0.25, 0.3) is 0 Å². The standard InChI is InChI=1S/2C30H32O6/c2*1-3-35-26(31)28(27(32)36-4-2)18-22-23(19-28)25(21-14-9-6-10-15-21)30(34)17-11-16-29(30,33)24(22)20-12-7-5-8-13-20/h2*5-10,12-15,33-34H,3-4,11,16-19H2,1-2H3/t2*29-,30+. The van der Waals surface area contributed by atoms with Crippen LogP contribution in [0.25, 0.3) is 22.3 Å². The van der Waals surface area contributed by atoms with Gasteiger partial charge in [-0.3, -0.25) is 19.2 Å². The summed E-state index contributed by atoms with van der Waals surface area (Å²) in [6, 6.07) is 37.9. The molecule has 0 bridgehead atoms. The molecule has 4 aromatic rings. The number of benzene rings is 4. The molecule has 0 aromatic heterocycles. The van der Waals surface area contributed by atoms with Crippen molar-refractivity contribution in [1.29, 1.82) is 0 Å². The van der Waals surface area contributed by atoms with E-state index in [1.54, 1.807) is 27.7 Å². The predicted molar refractivity (Wildman–Crippen MR) is 271 cm³/mol. The van der Waals surface area contributed by atoms with Crippen LogP contribution in [0.5, 0.6) is 0 Å². The molecule has 4 saturated carbocycles. The maximum atomic E-state index is 13.4. The zero-order valence-corrected chi connectivity index (χ0v) is 41.5. The monoisotopic (exact) mass is 976 g/mol. The van der Waals surface area contributed by atoms with Gasteiger partial charge in [0.2, 0.25) is 0 Å². The van der Waals surface area contributed by atoms with Gasteiger partial charge in [-0.2, -0.15) is 0 Å². The topological polar surface area (TPSA) is 186 Å². The van der Waals surface area contributed by atoms with Crippen LogP contribution in [0.1, 0.15) is 114 Å². The molecule has 0 heterocycles. The molecule has 0 aliphatic heterocycles. The van der Waals surface area contributed by atoms with E-state index in [-0.39, 0.29) is 52.1 Å². The lowest BCUT2D eigenvalue weighted by Gasteiger charge is -2.47. The van der Waals surface area contributed by atoms with E-state index in [0.717, 1.165) is 44.5 Å². The van der Waals surface area contributed by atoms with Crippen molar-refractivity contribution in [1.82, 2.24) is 0 Å². The van der Waals surface area contributed by atoms with Gasteiger partial charge < -0.3 is 39.4 Å². The van der Waals surface area contributed by atoms with Gasteiger partial charge in [0, 0.05) is 25.7 Å². The van der Waals surface area contributed by atoms with Gasteiger partial charge in [-0.05, 0) is 133 Å². The first-order chi connectivity index (χ1) is 34.6. The third-order valence-electron chi connectivity index (χ3n) is 15.9. The number of aliphatic hydroxyl groups is 4. The molecule has 12 nitrogen and oxygen atoms in total. The Labute approximate surface area is 420 Å². The van der Waals surface area contributed by atoms with E-state index < -0.39 is 57.1 Å². The van der Waals surface area contributed by atoms with Crippen molar-refractivity contribution < 1.29 is 58.6 Å². The van der Waals surface area contributed by atoms with E-state index in [1.807, 2.05) is 121 Å². The number of carbonyl (C=O) groups is 4. The Balaban J connectivity index is 0.000000178. The molecule has 6 aliphatic carbocycles. The first kappa shape index (κ1) is 50.5. The molecule has 10 rings (SSSR count). The van der Waals surface area contributed by atoms with E-state index in [2.05, 4.69) is 0 Å². The summed E-state index contributed by atoms with van der Waals surface area (Å²) in [6.07, 6.45) is 2.91. The highest BCUT2D eigenvalue weighted by atomic mass is 16.6. The largest absolute Gasteiger partial charge is 0.465 e. The minimum Gasteiger partial charge on any atom is -0.465 e. The van der Waals surface area contributed by atoms with Crippen LogP contribution in [0.2, 0.25) is 0 Å². The molecule has 4 aromatic carbocycles. The van der Waals surface area contributed by atoms with Crippen molar-refractivity contribution in [2.75, 3.05) is 26.4 Å². The summed E-state index contributed by atoms with van der Waals surface area (Å²) in [5.41, 5.74) is -1.15. The molecule has 0 saturated heterocycles. The molecule has 12 heteroatoms. The number of esters is 4. The summed E-state index contributed by atoms with van der Waals surface area (Å²) < 4.78 is 21.7. The molecule has 4 fully saturated rings. The zero-order valence-electron chi connectivity index (χ0n) is 41.5. The van der Waals surface area contributed by atoms with Gasteiger partial charge in [-0.15, -0.1) is 0 Å². The van der Waals surface area contributed by atoms with E-state index in [1.165, 1.54) is 0 Å². The Morgan fingerprint density at radius 3 is 0.736 bits per heavy atom. The predicted octanol–water partition coefficient (Wildman–Crippen LogP) is 8.92. The second-order valence-electron chi connectivity index (χ2n) is 19.8. The number of fused-ring (bicyclic) bond motifs is 4. The van der Waals surface area contributed by atoms with Crippen molar-refractivity contribution in [2.24, 2.45) is 10.8 Å². The highest BCUT2D eigenvalue weighted by Gasteiger charge is 2.67. The number of hydrogen-bond acceptors (Lipinski definition) is 12. The van der Waals surface area contributed by atoms with Crippen LogP contribution in [0.4, 0.5) is 0 Å². The Bertz CT molecular complexity index is 2490. The molecule has 72 heavy (non-hydrogen) atoms. The average molecular weight is 977 g/mol. The lowest BCUT2D eigenvalue weighted by Crippen LogP contribution is -2.53. The molecule has 0 spiro atoms. The average Bonchev–Trinajstić information content (AvgIpc) is 4.14. The highest BCUT2D eigenvalue weighted by Crippen LogP contribution is 2.66. The number of hydrogen-bond donors (Lipinski definition) is 4. The lowest BCUT2D eigenvalue weighted by atomic mass is 9.64. The summed E-state index contributed by atoms with van der Waals surface area (Å²) in [5.74, 6) is -2.55. The maximum Gasteiger partial charge on any atom is 0.324 e. The molecule has 6 aliphatic rings. The summed E-state index contributed by atoms with van der Waals surface area (Å²) in [4.78, 5) is 53.7. The van der Waals surface area contributed by atoms with Crippen LogP contribution < -0.4 is 0 Å². The fourth-order valence-corrected chi connectivity index (χ4v) is 13.0. The Morgan fingerprint density at radius 1 is 0.361 bits per heavy atom. The Kier molecular flexibility index (Phi) is 13.7. The van der Waals surface area contributed by atoms with Crippen LogP contribution >= 0.6 is 0 Å². The fourth-order valence-electron chi connectivity index (χ4n) is 13.0. The Hall–Kier alpha value is -6.44. The highest BCUT2D eigenvalue weighted by molar-refractivity contribution is 6.07. The van der Waals surface area contributed by atoms with Crippen molar-refractivity contribution >= 4 is 46.2 Å². The smallest absolute Gasteiger partial charge is 0.324 e. The van der Waals surface area contributed by atoms with E-state index in [4.69, 9.17) is 18.9 Å². The quantitative estimate of drug-likeness (QED) is 0.0601. The third kappa shape index (κ3) is 7.72. The van der Waals surface area contributed by atoms with Crippen molar-refractivity contribution in [3.8, 4) is 0 Å². The van der Waals surface area contributed by atoms with Crippen molar-refractivity contribution in [3.05, 3.63) is 166 Å². The Morgan fingerprint density at radius 2 is 0.556 bits per heavy atom. The van der Waals surface area contributed by atoms with Gasteiger partial charge in [0.05, 0.1) is 26.4 Å². The normalized spacial score (nSPS) is 26.4. The fraction of sp³-hybridized carbons (Fsp3) is 0.400. The summed E-state index contributed by atoms with van der Waals surface area (Å²) in [7, 11) is 0. The SMILES string of the molecule is CCOC(=O)C1(C(=O)OCC)CC2=C(c3ccccc3)[C@]3(O)CCC[C@]3(O)C(c3ccccc3)=C2C1.CCOC(=O)C1(C(=O)OCC)CC2=C(c3ccccc3)[C@]3(O)CCC[C@]3(O)C(c3ccccc3)=C2C1. The van der Waals surface area contributed by atoms with E-state index in [9.17, 15) is 39.6 Å². The lowest BCUT2D eigenvalue weighted by molar-refractivity contribution is -0.172. The van der Waals surface area contributed by atoms with Crippen LogP contribution in [-0.4, -0.2) is 93.1 Å². The van der Waals surface area contributed by atoms with Crippen LogP contribution in [0, 0.1) is 10.8 Å². The molecule has 0 unspecified atom stereocenters. The van der Waals surface area contributed by atoms with Gasteiger partial charge in [0.1, 0.15) is 22.4 Å². The van der Waals surface area contributed by atoms with E-state index in [0.29, 0.717) is 60.8 Å². The first-order valence-corrected chi connectivity index (χ1v) is 25.4. The molecular formula is C60H64O12. The maximum absolute atomic E-state index is 13.4. The van der Waals surface area contributed by atoms with Crippen LogP contribution in [-0.2, 0) is 38.1 Å². The molecule has 4 atom stereocenters. The number of carbonyl (C=O) groups excluding carboxylic acids is 4. The van der Waals surface area contributed by atoms with Crippen LogP contribution in [0.3, 0.4) is 0 Å². The second kappa shape index (κ2) is 19.5. The molecule has 4 N–H and O–H groups in total. The summed E-state index contributed by atoms with van der Waals surface area (Å²) in [6.45, 7) is 7.34. The first-order valence-electron chi connectivity index (χ1n) is 25.4. The molecular weight excluding hydrogens is 913 g/mol. The molecule has 376 valence electrons. The van der Waals surface area contributed by atoms with Gasteiger partial charge >= 0.3 is 23.9 Å². The van der Waals surface area contributed by atoms with Crippen LogP contribution in [0.15, 0.2) is 144 Å². The van der Waals surface area contributed by atoms with Crippen molar-refractivity contribution in [2.45, 2.75) is 114 Å². The zero-order chi connectivity index (χ0) is 51.1. The van der Waals surface area contributed by atoms with E-state index >= 15 is 0 Å². The van der Waals surface area contributed by atoms with Gasteiger partial charge in [-0.25, -0.2) is 0 Å². The summed E-state index contributed by atoms with van der Waals surface area (Å²) in [5, 5.41) is 49.4. The van der Waals surface area contributed by atoms with Gasteiger partial charge in [0.15, 0.2) is 10.8 Å². The number of allylic oxidation sites excluding steroid dienone is 4.